The highest BCUT2D eigenvalue weighted by molar-refractivity contribution is 7.98. The van der Waals surface area contributed by atoms with Crippen LogP contribution in [0.1, 0.15) is 27.7 Å². The largest absolute Gasteiger partial charge is 0.365 e. The van der Waals surface area contributed by atoms with Crippen LogP contribution >= 0.6 is 38.3 Å². The molecule has 13 heteroatoms. The zero-order valence-electron chi connectivity index (χ0n) is 17.1. The first-order valence-corrected chi connectivity index (χ1v) is 14.5. The molecule has 0 bridgehead atoms. The monoisotopic (exact) mass is 483 g/mol. The van der Waals surface area contributed by atoms with E-state index in [9.17, 15) is 9.13 Å². The smallest absolute Gasteiger partial charge is 0.346 e. The topological polar surface area (TPSA) is 109 Å². The van der Waals surface area contributed by atoms with Crippen molar-refractivity contribution in [2.45, 2.75) is 38.4 Å². The minimum atomic E-state index is -3.95. The van der Waals surface area contributed by atoms with E-state index in [1.165, 1.54) is 23.1 Å². The molecule has 0 aromatic carbocycles. The summed E-state index contributed by atoms with van der Waals surface area (Å²) >= 11 is 2.81. The maximum Gasteiger partial charge on any atom is 0.365 e. The molecule has 0 saturated heterocycles. The fraction of sp³-hybridized carbons (Fsp3) is 0.625. The normalized spacial score (nSPS) is 12.8. The summed E-state index contributed by atoms with van der Waals surface area (Å²) in [6, 6.07) is 1.84. The van der Waals surface area contributed by atoms with Gasteiger partial charge in [-0.25, -0.2) is 9.97 Å². The molecule has 9 nitrogen and oxygen atoms in total. The fourth-order valence-corrected chi connectivity index (χ4v) is 8.65. The number of thiophene rings is 1. The molecule has 2 rings (SSSR count). The van der Waals surface area contributed by atoms with Gasteiger partial charge in [0.1, 0.15) is 10.6 Å². The van der Waals surface area contributed by atoms with E-state index in [-0.39, 0.29) is 26.4 Å². The number of hydrogen-bond acceptors (Lipinski definition) is 11. The van der Waals surface area contributed by atoms with Gasteiger partial charge in [-0.2, -0.15) is 0 Å². The number of aromatic nitrogens is 2. The minimum Gasteiger partial charge on any atom is -0.346 e. The van der Waals surface area contributed by atoms with Crippen LogP contribution in [0.15, 0.2) is 16.6 Å². The predicted octanol–water partition coefficient (Wildman–Crippen LogP) is 5.64. The second-order valence-electron chi connectivity index (χ2n) is 5.47. The van der Waals surface area contributed by atoms with Gasteiger partial charge in [-0.05, 0) is 45.4 Å². The molecule has 0 amide bonds. The molecule has 0 radical (unpaired) electrons. The molecular formula is C16H27N3O6P2S2. The lowest BCUT2D eigenvalue weighted by atomic mass is 10.4. The highest BCUT2D eigenvalue weighted by atomic mass is 32.2. The van der Waals surface area contributed by atoms with E-state index >= 15 is 0 Å². The van der Waals surface area contributed by atoms with Gasteiger partial charge in [-0.1, -0.05) is 11.8 Å². The van der Waals surface area contributed by atoms with Crippen LogP contribution in [-0.2, 0) is 27.2 Å². The van der Waals surface area contributed by atoms with Crippen LogP contribution in [0.2, 0.25) is 0 Å². The van der Waals surface area contributed by atoms with Crippen LogP contribution < -0.4 is 5.32 Å². The average Bonchev–Trinajstić information content (AvgIpc) is 3.15. The van der Waals surface area contributed by atoms with Crippen molar-refractivity contribution in [1.82, 2.24) is 9.97 Å². The Morgan fingerprint density at radius 1 is 1.00 bits per heavy atom. The first-order chi connectivity index (χ1) is 13.9. The zero-order valence-corrected chi connectivity index (χ0v) is 20.5. The highest BCUT2D eigenvalue weighted by Gasteiger charge is 2.51. The van der Waals surface area contributed by atoms with Crippen LogP contribution in [0.5, 0.6) is 0 Å². The molecule has 0 atom stereocenters. The van der Waals surface area contributed by atoms with Gasteiger partial charge in [0.25, 0.3) is 0 Å². The maximum absolute atomic E-state index is 13.7. The van der Waals surface area contributed by atoms with E-state index in [2.05, 4.69) is 15.3 Å². The molecule has 0 fully saturated rings. The third-order valence-electron chi connectivity index (χ3n) is 3.59. The summed E-state index contributed by atoms with van der Waals surface area (Å²) in [7, 11) is -7.89. The average molecular weight is 483 g/mol. The van der Waals surface area contributed by atoms with Gasteiger partial charge in [0, 0.05) is 0 Å². The van der Waals surface area contributed by atoms with E-state index in [0.717, 1.165) is 4.83 Å². The molecule has 0 spiro atoms. The molecule has 2 aromatic rings. The van der Waals surface area contributed by atoms with Crippen molar-refractivity contribution in [2.24, 2.45) is 0 Å². The minimum absolute atomic E-state index is 0.0986. The summed E-state index contributed by atoms with van der Waals surface area (Å²) in [4.78, 5) is 9.69. The maximum atomic E-state index is 13.7. The Labute approximate surface area is 179 Å². The van der Waals surface area contributed by atoms with Crippen molar-refractivity contribution in [3.05, 3.63) is 11.4 Å². The van der Waals surface area contributed by atoms with Gasteiger partial charge in [-0.15, -0.1) is 11.3 Å². The van der Waals surface area contributed by atoms with Gasteiger partial charge in [0.05, 0.1) is 31.8 Å². The van der Waals surface area contributed by atoms with Crippen molar-refractivity contribution in [2.75, 3.05) is 38.0 Å². The molecule has 0 aliphatic carbocycles. The fourth-order valence-electron chi connectivity index (χ4n) is 2.57. The molecule has 164 valence electrons. The van der Waals surface area contributed by atoms with E-state index in [4.69, 9.17) is 18.1 Å². The van der Waals surface area contributed by atoms with Crippen molar-refractivity contribution in [3.8, 4) is 0 Å². The quantitative estimate of drug-likeness (QED) is 0.218. The Morgan fingerprint density at radius 2 is 1.52 bits per heavy atom. The van der Waals surface area contributed by atoms with Crippen LogP contribution in [0, 0.1) is 0 Å². The van der Waals surface area contributed by atoms with E-state index in [1.54, 1.807) is 27.7 Å². The van der Waals surface area contributed by atoms with Gasteiger partial charge in [0.15, 0.2) is 5.16 Å². The molecule has 0 unspecified atom stereocenters. The van der Waals surface area contributed by atoms with Gasteiger partial charge in [-0.3, -0.25) is 9.13 Å². The predicted molar refractivity (Wildman–Crippen MR) is 118 cm³/mol. The molecule has 1 N–H and O–H groups in total. The summed E-state index contributed by atoms with van der Waals surface area (Å²) in [6.45, 7) is 7.13. The Balaban J connectivity index is 2.63. The van der Waals surface area contributed by atoms with Crippen molar-refractivity contribution in [1.29, 1.82) is 0 Å². The molecule has 0 aliphatic heterocycles. The van der Waals surface area contributed by atoms with Crippen molar-refractivity contribution >= 4 is 54.3 Å². The van der Waals surface area contributed by atoms with Crippen LogP contribution in [0.3, 0.4) is 0 Å². The number of thioether (sulfide) groups is 1. The number of fused-ring (bicyclic) bond motifs is 1. The first-order valence-electron chi connectivity index (χ1n) is 9.20. The third kappa shape index (κ3) is 5.80. The van der Waals surface area contributed by atoms with E-state index < -0.39 is 20.7 Å². The first kappa shape index (κ1) is 24.8. The van der Waals surface area contributed by atoms with Crippen molar-refractivity contribution < 1.29 is 27.2 Å². The Kier molecular flexibility index (Phi) is 9.57. The second kappa shape index (κ2) is 11.2. The van der Waals surface area contributed by atoms with Gasteiger partial charge in [0.2, 0.25) is 5.52 Å². The van der Waals surface area contributed by atoms with Crippen molar-refractivity contribution in [3.63, 3.8) is 0 Å². The molecule has 0 saturated carbocycles. The zero-order chi connectivity index (χ0) is 21.5. The standard InChI is InChI=1S/C16H27N3O6P2S2/c1-6-22-26(20,23-7-2)16(27(21,24-8-3)25-9-4)18-13-12-10-11-29-14(12)19-15(17-13)28-5/h10-11,16H,6-9H2,1-5H3,(H,17,18,19). The lowest BCUT2D eigenvalue weighted by Gasteiger charge is -2.32. The van der Waals surface area contributed by atoms with Gasteiger partial charge >= 0.3 is 15.2 Å². The number of nitrogens with zero attached hydrogens (tertiary/aromatic N) is 2. The summed E-state index contributed by atoms with van der Waals surface area (Å²) in [5, 5.41) is 6.12. The SMILES string of the molecule is CCOP(=O)(OCC)C(Nc1nc(SC)nc2sccc12)P(=O)(OCC)OCC. The van der Waals surface area contributed by atoms with E-state index in [0.29, 0.717) is 16.4 Å². The van der Waals surface area contributed by atoms with Crippen LogP contribution in [0.25, 0.3) is 10.2 Å². The third-order valence-corrected chi connectivity index (χ3v) is 10.6. The van der Waals surface area contributed by atoms with Crippen LogP contribution in [0.4, 0.5) is 5.82 Å². The molecular weight excluding hydrogens is 456 g/mol. The summed E-state index contributed by atoms with van der Waals surface area (Å²) in [5.74, 6) is 0.366. The molecule has 2 heterocycles. The van der Waals surface area contributed by atoms with Gasteiger partial charge < -0.3 is 23.4 Å². The number of hydrogen-bond donors (Lipinski definition) is 1. The summed E-state index contributed by atoms with van der Waals surface area (Å²) in [5.41, 5.74) is -1.39. The Morgan fingerprint density at radius 3 is 1.97 bits per heavy atom. The van der Waals surface area contributed by atoms with E-state index in [1.807, 2.05) is 17.7 Å². The molecule has 0 aliphatic rings. The lowest BCUT2D eigenvalue weighted by molar-refractivity contribution is 0.198. The highest BCUT2D eigenvalue weighted by Crippen LogP contribution is 2.70. The second-order valence-corrected chi connectivity index (χ2v) is 11.8. The lowest BCUT2D eigenvalue weighted by Crippen LogP contribution is -2.26. The summed E-state index contributed by atoms with van der Waals surface area (Å²) in [6.07, 6.45) is 1.85. The molecule has 2 aromatic heterocycles. The summed E-state index contributed by atoms with van der Waals surface area (Å²) < 4.78 is 49.3. The number of anilines is 1. The number of nitrogens with one attached hydrogen (secondary N) is 1. The number of rotatable bonds is 13. The van der Waals surface area contributed by atoms with Crippen LogP contribution in [-0.4, -0.2) is 48.2 Å². The molecule has 29 heavy (non-hydrogen) atoms. The Hall–Kier alpha value is -0.510. The Bertz CT molecular complexity index is 847.